The fourth-order valence-corrected chi connectivity index (χ4v) is 3.13. The predicted octanol–water partition coefficient (Wildman–Crippen LogP) is 1.57. The Morgan fingerprint density at radius 3 is 2.55 bits per heavy atom. The molecular weight excluding hydrogens is 274 g/mol. The van der Waals surface area contributed by atoms with Gasteiger partial charge in [0.25, 0.3) is 0 Å². The SMILES string of the molecule is CCCN(CC)CCNS(=O)(=O)c1ccccc1C#N. The Balaban J connectivity index is 2.69. The van der Waals surface area contributed by atoms with Crippen LogP contribution in [0.25, 0.3) is 0 Å². The Bertz CT molecular complexity index is 564. The largest absolute Gasteiger partial charge is 0.302 e. The van der Waals surface area contributed by atoms with Gasteiger partial charge < -0.3 is 4.90 Å². The van der Waals surface area contributed by atoms with Crippen molar-refractivity contribution < 1.29 is 8.42 Å². The van der Waals surface area contributed by atoms with Crippen LogP contribution < -0.4 is 4.72 Å². The molecule has 0 amide bonds. The van der Waals surface area contributed by atoms with Crippen molar-refractivity contribution in [3.63, 3.8) is 0 Å². The molecule has 0 aliphatic carbocycles. The average molecular weight is 295 g/mol. The molecule has 0 bridgehead atoms. The zero-order valence-electron chi connectivity index (χ0n) is 12.0. The molecule has 5 nitrogen and oxygen atoms in total. The molecular formula is C14H21N3O2S. The van der Waals surface area contributed by atoms with Gasteiger partial charge in [0.05, 0.1) is 10.5 Å². The van der Waals surface area contributed by atoms with E-state index in [1.165, 1.54) is 12.1 Å². The molecule has 1 N–H and O–H groups in total. The summed E-state index contributed by atoms with van der Waals surface area (Å²) in [6.45, 7) is 7.00. The lowest BCUT2D eigenvalue weighted by atomic mass is 10.2. The maximum Gasteiger partial charge on any atom is 0.241 e. The number of rotatable bonds is 8. The van der Waals surface area contributed by atoms with Crippen molar-refractivity contribution in [3.05, 3.63) is 29.8 Å². The minimum absolute atomic E-state index is 0.0426. The number of nitriles is 1. The summed E-state index contributed by atoms with van der Waals surface area (Å²) < 4.78 is 26.9. The van der Waals surface area contributed by atoms with Crippen LogP contribution in [0.15, 0.2) is 29.2 Å². The van der Waals surface area contributed by atoms with Crippen molar-refractivity contribution in [2.75, 3.05) is 26.2 Å². The van der Waals surface area contributed by atoms with Crippen molar-refractivity contribution in [3.8, 4) is 6.07 Å². The number of nitrogens with zero attached hydrogens (tertiary/aromatic N) is 2. The molecule has 0 aliphatic heterocycles. The zero-order chi connectivity index (χ0) is 15.0. The van der Waals surface area contributed by atoms with Crippen LogP contribution in [0.2, 0.25) is 0 Å². The van der Waals surface area contributed by atoms with Gasteiger partial charge in [0.2, 0.25) is 10.0 Å². The Morgan fingerprint density at radius 2 is 1.95 bits per heavy atom. The van der Waals surface area contributed by atoms with Gasteiger partial charge in [-0.25, -0.2) is 13.1 Å². The number of nitrogens with one attached hydrogen (secondary N) is 1. The van der Waals surface area contributed by atoms with E-state index in [1.54, 1.807) is 12.1 Å². The minimum atomic E-state index is -3.62. The highest BCUT2D eigenvalue weighted by molar-refractivity contribution is 7.89. The van der Waals surface area contributed by atoms with Crippen molar-refractivity contribution in [1.82, 2.24) is 9.62 Å². The van der Waals surface area contributed by atoms with E-state index >= 15 is 0 Å². The number of hydrogen-bond acceptors (Lipinski definition) is 4. The smallest absolute Gasteiger partial charge is 0.241 e. The summed E-state index contributed by atoms with van der Waals surface area (Å²) in [5.41, 5.74) is 0.168. The Labute approximate surface area is 121 Å². The Kier molecular flexibility index (Phi) is 6.65. The number of hydrogen-bond donors (Lipinski definition) is 1. The molecule has 0 aromatic heterocycles. The van der Waals surface area contributed by atoms with E-state index in [0.29, 0.717) is 13.1 Å². The first-order chi connectivity index (χ1) is 9.55. The van der Waals surface area contributed by atoms with Gasteiger partial charge in [-0.2, -0.15) is 5.26 Å². The quantitative estimate of drug-likeness (QED) is 0.790. The van der Waals surface area contributed by atoms with Crippen LogP contribution in [-0.4, -0.2) is 39.5 Å². The summed E-state index contributed by atoms with van der Waals surface area (Å²) in [5.74, 6) is 0. The molecule has 1 aromatic carbocycles. The van der Waals surface area contributed by atoms with Crippen molar-refractivity contribution in [1.29, 1.82) is 5.26 Å². The van der Waals surface area contributed by atoms with E-state index in [9.17, 15) is 8.42 Å². The summed E-state index contributed by atoms with van der Waals surface area (Å²) in [5, 5.41) is 8.95. The van der Waals surface area contributed by atoms with Crippen LogP contribution in [0.3, 0.4) is 0 Å². The van der Waals surface area contributed by atoms with E-state index in [0.717, 1.165) is 19.5 Å². The fourth-order valence-electron chi connectivity index (χ4n) is 1.95. The lowest BCUT2D eigenvalue weighted by Gasteiger charge is -2.19. The minimum Gasteiger partial charge on any atom is -0.302 e. The number of sulfonamides is 1. The fraction of sp³-hybridized carbons (Fsp3) is 0.500. The van der Waals surface area contributed by atoms with Crippen LogP contribution in [-0.2, 0) is 10.0 Å². The molecule has 0 aliphatic rings. The molecule has 6 heteroatoms. The molecule has 0 saturated heterocycles. The summed E-state index contributed by atoms with van der Waals surface area (Å²) in [7, 11) is -3.62. The van der Waals surface area contributed by atoms with E-state index in [2.05, 4.69) is 23.5 Å². The predicted molar refractivity (Wildman–Crippen MR) is 78.8 cm³/mol. The summed E-state index contributed by atoms with van der Waals surface area (Å²) in [6.07, 6.45) is 1.04. The number of benzene rings is 1. The first-order valence-corrected chi connectivity index (χ1v) is 8.24. The highest BCUT2D eigenvalue weighted by Crippen LogP contribution is 2.13. The third-order valence-corrected chi connectivity index (χ3v) is 4.52. The molecule has 0 radical (unpaired) electrons. The van der Waals surface area contributed by atoms with Gasteiger partial charge in [0.15, 0.2) is 0 Å². The highest BCUT2D eigenvalue weighted by Gasteiger charge is 2.17. The molecule has 0 atom stereocenters. The highest BCUT2D eigenvalue weighted by atomic mass is 32.2. The average Bonchev–Trinajstić information content (AvgIpc) is 2.46. The second kappa shape index (κ2) is 8.00. The first kappa shape index (κ1) is 16.6. The van der Waals surface area contributed by atoms with Crippen LogP contribution in [0, 0.1) is 11.3 Å². The van der Waals surface area contributed by atoms with E-state index < -0.39 is 10.0 Å². The Hall–Kier alpha value is -1.42. The maximum absolute atomic E-state index is 12.2. The van der Waals surface area contributed by atoms with Gasteiger partial charge in [-0.05, 0) is 31.6 Å². The topological polar surface area (TPSA) is 73.2 Å². The second-order valence-electron chi connectivity index (χ2n) is 4.44. The summed E-state index contributed by atoms with van der Waals surface area (Å²) in [6, 6.07) is 8.12. The molecule has 0 saturated carbocycles. The van der Waals surface area contributed by atoms with Gasteiger partial charge in [0, 0.05) is 13.1 Å². The van der Waals surface area contributed by atoms with Crippen molar-refractivity contribution >= 4 is 10.0 Å². The zero-order valence-corrected chi connectivity index (χ0v) is 12.8. The first-order valence-electron chi connectivity index (χ1n) is 6.76. The van der Waals surface area contributed by atoms with Crippen molar-refractivity contribution in [2.24, 2.45) is 0 Å². The third kappa shape index (κ3) is 4.60. The van der Waals surface area contributed by atoms with Gasteiger partial charge in [-0.3, -0.25) is 0 Å². The van der Waals surface area contributed by atoms with E-state index in [4.69, 9.17) is 5.26 Å². The molecule has 0 heterocycles. The van der Waals surface area contributed by atoms with Crippen LogP contribution in [0.5, 0.6) is 0 Å². The second-order valence-corrected chi connectivity index (χ2v) is 6.18. The Morgan fingerprint density at radius 1 is 1.25 bits per heavy atom. The van der Waals surface area contributed by atoms with E-state index in [-0.39, 0.29) is 10.5 Å². The molecule has 0 spiro atoms. The molecule has 110 valence electrons. The van der Waals surface area contributed by atoms with Crippen LogP contribution >= 0.6 is 0 Å². The van der Waals surface area contributed by atoms with Crippen LogP contribution in [0.4, 0.5) is 0 Å². The lowest BCUT2D eigenvalue weighted by Crippen LogP contribution is -2.35. The maximum atomic E-state index is 12.2. The molecule has 0 fully saturated rings. The lowest BCUT2D eigenvalue weighted by molar-refractivity contribution is 0.293. The third-order valence-electron chi connectivity index (χ3n) is 3.00. The molecule has 20 heavy (non-hydrogen) atoms. The van der Waals surface area contributed by atoms with E-state index in [1.807, 2.05) is 6.07 Å². The monoisotopic (exact) mass is 295 g/mol. The molecule has 1 rings (SSSR count). The van der Waals surface area contributed by atoms with Gasteiger partial charge in [-0.1, -0.05) is 26.0 Å². The van der Waals surface area contributed by atoms with Gasteiger partial charge in [-0.15, -0.1) is 0 Å². The molecule has 1 aromatic rings. The summed E-state index contributed by atoms with van der Waals surface area (Å²) >= 11 is 0. The van der Waals surface area contributed by atoms with Crippen LogP contribution in [0.1, 0.15) is 25.8 Å². The van der Waals surface area contributed by atoms with Gasteiger partial charge >= 0.3 is 0 Å². The summed E-state index contributed by atoms with van der Waals surface area (Å²) in [4.78, 5) is 2.22. The van der Waals surface area contributed by atoms with Gasteiger partial charge in [0.1, 0.15) is 6.07 Å². The standard InChI is InChI=1S/C14H21N3O2S/c1-3-10-17(4-2)11-9-16-20(18,19)14-8-6-5-7-13(14)12-15/h5-8,16H,3-4,9-11H2,1-2H3. The van der Waals surface area contributed by atoms with Crippen molar-refractivity contribution in [2.45, 2.75) is 25.2 Å². The molecule has 0 unspecified atom stereocenters. The number of likely N-dealkylation sites (N-methyl/N-ethyl adjacent to an activating group) is 1. The normalized spacial score (nSPS) is 11.5.